The van der Waals surface area contributed by atoms with Gasteiger partial charge in [-0.3, -0.25) is 4.98 Å². The molecule has 23 heavy (non-hydrogen) atoms. The third kappa shape index (κ3) is 3.53. The highest BCUT2D eigenvalue weighted by atomic mass is 32.1. The van der Waals surface area contributed by atoms with E-state index in [2.05, 4.69) is 37.6 Å². The molecule has 5 nitrogen and oxygen atoms in total. The number of aromatic nitrogens is 4. The minimum Gasteiger partial charge on any atom is -0.364 e. The normalized spacial score (nSPS) is 10.7. The van der Waals surface area contributed by atoms with Crippen LogP contribution in [0.15, 0.2) is 29.8 Å². The summed E-state index contributed by atoms with van der Waals surface area (Å²) >= 11 is 1.70. The minimum absolute atomic E-state index is 0.642. The van der Waals surface area contributed by atoms with Crippen molar-refractivity contribution in [1.82, 2.24) is 19.9 Å². The van der Waals surface area contributed by atoms with Crippen molar-refractivity contribution in [1.29, 1.82) is 0 Å². The lowest BCUT2D eigenvalue weighted by Gasteiger charge is -2.11. The summed E-state index contributed by atoms with van der Waals surface area (Å²) in [5.74, 6) is 1.48. The molecule has 118 valence electrons. The fourth-order valence-corrected chi connectivity index (χ4v) is 2.92. The molecule has 0 bridgehead atoms. The molecule has 0 spiro atoms. The monoisotopic (exact) mass is 325 g/mol. The maximum Gasteiger partial charge on any atom is 0.180 e. The summed E-state index contributed by atoms with van der Waals surface area (Å²) in [6, 6.07) is 5.74. The second-order valence-electron chi connectivity index (χ2n) is 5.26. The maximum absolute atomic E-state index is 4.64. The number of nitrogens with one attached hydrogen (secondary N) is 1. The summed E-state index contributed by atoms with van der Waals surface area (Å²) in [4.78, 5) is 18.1. The number of pyridine rings is 1. The SMILES string of the molecule is CCc1nc(CNc2nc(-c3ccccn3)nc(C)c2C)cs1. The zero-order chi connectivity index (χ0) is 16.2. The third-order valence-electron chi connectivity index (χ3n) is 3.62. The largest absolute Gasteiger partial charge is 0.364 e. The van der Waals surface area contributed by atoms with Crippen molar-refractivity contribution in [2.75, 3.05) is 5.32 Å². The van der Waals surface area contributed by atoms with Crippen LogP contribution in [0, 0.1) is 13.8 Å². The Hall–Kier alpha value is -2.34. The lowest BCUT2D eigenvalue weighted by Crippen LogP contribution is -2.07. The van der Waals surface area contributed by atoms with Crippen molar-refractivity contribution in [3.63, 3.8) is 0 Å². The highest BCUT2D eigenvalue weighted by Gasteiger charge is 2.11. The second-order valence-corrected chi connectivity index (χ2v) is 6.20. The van der Waals surface area contributed by atoms with Gasteiger partial charge in [-0.15, -0.1) is 11.3 Å². The first-order valence-corrected chi connectivity index (χ1v) is 8.49. The van der Waals surface area contributed by atoms with Crippen molar-refractivity contribution in [2.24, 2.45) is 0 Å². The zero-order valence-electron chi connectivity index (χ0n) is 13.5. The molecule has 0 unspecified atom stereocenters. The van der Waals surface area contributed by atoms with Crippen LogP contribution in [0.1, 0.15) is 28.9 Å². The highest BCUT2D eigenvalue weighted by molar-refractivity contribution is 7.09. The highest BCUT2D eigenvalue weighted by Crippen LogP contribution is 2.21. The van der Waals surface area contributed by atoms with Crippen LogP contribution in [0.25, 0.3) is 11.5 Å². The van der Waals surface area contributed by atoms with E-state index in [0.717, 1.165) is 39.9 Å². The van der Waals surface area contributed by atoms with Gasteiger partial charge in [0.1, 0.15) is 11.5 Å². The predicted molar refractivity (Wildman–Crippen MR) is 93.6 cm³/mol. The van der Waals surface area contributed by atoms with Gasteiger partial charge in [0.2, 0.25) is 0 Å². The van der Waals surface area contributed by atoms with Gasteiger partial charge in [-0.1, -0.05) is 13.0 Å². The van der Waals surface area contributed by atoms with Gasteiger partial charge in [-0.25, -0.2) is 15.0 Å². The van der Waals surface area contributed by atoms with E-state index in [-0.39, 0.29) is 0 Å². The number of aryl methyl sites for hydroxylation is 2. The molecule has 0 aromatic carbocycles. The van der Waals surface area contributed by atoms with E-state index in [4.69, 9.17) is 0 Å². The van der Waals surface area contributed by atoms with Gasteiger partial charge in [-0.2, -0.15) is 0 Å². The number of hydrogen-bond donors (Lipinski definition) is 1. The zero-order valence-corrected chi connectivity index (χ0v) is 14.3. The van der Waals surface area contributed by atoms with Gasteiger partial charge in [0.05, 0.1) is 17.2 Å². The van der Waals surface area contributed by atoms with Crippen molar-refractivity contribution in [3.05, 3.63) is 51.7 Å². The maximum atomic E-state index is 4.64. The van der Waals surface area contributed by atoms with Gasteiger partial charge < -0.3 is 5.32 Å². The molecule has 3 heterocycles. The Morgan fingerprint density at radius 3 is 2.70 bits per heavy atom. The van der Waals surface area contributed by atoms with Crippen LogP contribution in [0.3, 0.4) is 0 Å². The fraction of sp³-hybridized carbons (Fsp3) is 0.294. The van der Waals surface area contributed by atoms with E-state index in [0.29, 0.717) is 12.4 Å². The van der Waals surface area contributed by atoms with Crippen molar-refractivity contribution < 1.29 is 0 Å². The fourth-order valence-electron chi connectivity index (χ4n) is 2.18. The Kier molecular flexibility index (Phi) is 4.62. The van der Waals surface area contributed by atoms with Crippen LogP contribution in [-0.2, 0) is 13.0 Å². The molecule has 6 heteroatoms. The molecule has 3 aromatic rings. The molecule has 0 amide bonds. The van der Waals surface area contributed by atoms with Crippen molar-refractivity contribution >= 4 is 17.2 Å². The summed E-state index contributed by atoms with van der Waals surface area (Å²) in [5, 5.41) is 6.63. The number of anilines is 1. The smallest absolute Gasteiger partial charge is 0.180 e. The van der Waals surface area contributed by atoms with Crippen LogP contribution in [-0.4, -0.2) is 19.9 Å². The van der Waals surface area contributed by atoms with Crippen LogP contribution in [0.2, 0.25) is 0 Å². The summed E-state index contributed by atoms with van der Waals surface area (Å²) in [6.45, 7) is 6.80. The predicted octanol–water partition coefficient (Wildman–Crippen LogP) is 3.79. The Balaban J connectivity index is 1.85. The molecule has 1 N–H and O–H groups in total. The Morgan fingerprint density at radius 1 is 1.13 bits per heavy atom. The van der Waals surface area contributed by atoms with Gasteiger partial charge in [0.15, 0.2) is 5.82 Å². The first kappa shape index (κ1) is 15.6. The quantitative estimate of drug-likeness (QED) is 0.773. The Bertz CT molecular complexity index is 798. The molecule has 0 aliphatic carbocycles. The Morgan fingerprint density at radius 2 is 2.00 bits per heavy atom. The number of nitrogens with zero attached hydrogens (tertiary/aromatic N) is 4. The Labute approximate surface area is 139 Å². The molecule has 0 radical (unpaired) electrons. The average molecular weight is 325 g/mol. The third-order valence-corrected chi connectivity index (χ3v) is 4.66. The summed E-state index contributed by atoms with van der Waals surface area (Å²) < 4.78 is 0. The lowest BCUT2D eigenvalue weighted by atomic mass is 10.2. The minimum atomic E-state index is 0.642. The molecule has 0 fully saturated rings. The van der Waals surface area contributed by atoms with Gasteiger partial charge in [0.25, 0.3) is 0 Å². The van der Waals surface area contributed by atoms with Gasteiger partial charge in [0, 0.05) is 22.8 Å². The van der Waals surface area contributed by atoms with E-state index in [1.807, 2.05) is 32.0 Å². The van der Waals surface area contributed by atoms with Crippen LogP contribution < -0.4 is 5.32 Å². The second kappa shape index (κ2) is 6.83. The number of rotatable bonds is 5. The van der Waals surface area contributed by atoms with Crippen molar-refractivity contribution in [2.45, 2.75) is 33.7 Å². The van der Waals surface area contributed by atoms with Crippen molar-refractivity contribution in [3.8, 4) is 11.5 Å². The topological polar surface area (TPSA) is 63.6 Å². The molecule has 0 saturated heterocycles. The summed E-state index contributed by atoms with van der Waals surface area (Å²) in [7, 11) is 0. The van der Waals surface area contributed by atoms with E-state index >= 15 is 0 Å². The molecule has 0 atom stereocenters. The number of hydrogen-bond acceptors (Lipinski definition) is 6. The van der Waals surface area contributed by atoms with Gasteiger partial charge >= 0.3 is 0 Å². The van der Waals surface area contributed by atoms with Crippen LogP contribution in [0.5, 0.6) is 0 Å². The van der Waals surface area contributed by atoms with E-state index < -0.39 is 0 Å². The van der Waals surface area contributed by atoms with Gasteiger partial charge in [-0.05, 0) is 32.4 Å². The summed E-state index contributed by atoms with van der Waals surface area (Å²) in [5.41, 5.74) is 3.83. The molecule has 3 rings (SSSR count). The molecular formula is C17H19N5S. The molecule has 0 aliphatic heterocycles. The van der Waals surface area contributed by atoms with Crippen LogP contribution >= 0.6 is 11.3 Å². The van der Waals surface area contributed by atoms with E-state index in [1.54, 1.807) is 17.5 Å². The van der Waals surface area contributed by atoms with E-state index in [1.165, 1.54) is 0 Å². The first-order chi connectivity index (χ1) is 11.2. The lowest BCUT2D eigenvalue weighted by molar-refractivity contribution is 0.981. The molecule has 3 aromatic heterocycles. The summed E-state index contributed by atoms with van der Waals surface area (Å²) in [6.07, 6.45) is 2.72. The number of thiazole rings is 1. The molecule has 0 saturated carbocycles. The molecule has 0 aliphatic rings. The molecular weight excluding hydrogens is 306 g/mol. The standard InChI is InChI=1S/C17H19N5S/c1-4-15-21-13(10-23-15)9-19-16-11(2)12(3)20-17(22-16)14-7-5-6-8-18-14/h5-8,10H,4,9H2,1-3H3,(H,19,20,22). The van der Waals surface area contributed by atoms with E-state index in [9.17, 15) is 0 Å². The van der Waals surface area contributed by atoms with Crippen LogP contribution in [0.4, 0.5) is 5.82 Å². The average Bonchev–Trinajstić information content (AvgIpc) is 3.05. The first-order valence-electron chi connectivity index (χ1n) is 7.61.